The number of nitrogens with zero attached hydrogens (tertiary/aromatic N) is 2. The van der Waals surface area contributed by atoms with Gasteiger partial charge in [-0.2, -0.15) is 0 Å². The minimum atomic E-state index is -0.135. The summed E-state index contributed by atoms with van der Waals surface area (Å²) < 4.78 is 11.4. The summed E-state index contributed by atoms with van der Waals surface area (Å²) in [4.78, 5) is 9.26. The van der Waals surface area contributed by atoms with Crippen molar-refractivity contribution in [2.45, 2.75) is 38.8 Å². The van der Waals surface area contributed by atoms with Gasteiger partial charge in [-0.25, -0.2) is 9.98 Å². The maximum atomic E-state index is 5.71. The quantitative estimate of drug-likeness (QED) is 0.822. The van der Waals surface area contributed by atoms with Gasteiger partial charge in [-0.05, 0) is 63.1 Å². The van der Waals surface area contributed by atoms with Crippen LogP contribution in [0.4, 0.5) is 0 Å². The van der Waals surface area contributed by atoms with E-state index in [2.05, 4.69) is 86.2 Å². The Labute approximate surface area is 154 Å². The first-order valence-corrected chi connectivity index (χ1v) is 8.98. The van der Waals surface area contributed by atoms with Gasteiger partial charge in [0.05, 0.1) is 11.1 Å². The monoisotopic (exact) mass is 348 g/mol. The highest BCUT2D eigenvalue weighted by Gasteiger charge is 2.27. The Morgan fingerprint density at radius 3 is 1.15 bits per heavy atom. The summed E-state index contributed by atoms with van der Waals surface area (Å²) in [5, 5.41) is 0. The van der Waals surface area contributed by atoms with E-state index in [4.69, 9.17) is 9.47 Å². The lowest BCUT2D eigenvalue weighted by Crippen LogP contribution is -2.17. The summed E-state index contributed by atoms with van der Waals surface area (Å²) in [5.74, 6) is 1.46. The van der Waals surface area contributed by atoms with Crippen LogP contribution in [-0.2, 0) is 9.47 Å². The summed E-state index contributed by atoms with van der Waals surface area (Å²) in [6.07, 6.45) is 0. The van der Waals surface area contributed by atoms with Crippen LogP contribution in [0.25, 0.3) is 11.1 Å². The van der Waals surface area contributed by atoms with Crippen molar-refractivity contribution in [3.05, 3.63) is 59.7 Å². The third-order valence-electron chi connectivity index (χ3n) is 4.53. The van der Waals surface area contributed by atoms with E-state index in [-0.39, 0.29) is 11.1 Å². The van der Waals surface area contributed by atoms with Crippen LogP contribution in [0.1, 0.15) is 38.8 Å². The molecule has 0 bridgehead atoms. The fraction of sp³-hybridized carbons (Fsp3) is 0.364. The molecule has 4 heteroatoms. The van der Waals surface area contributed by atoms with E-state index in [1.54, 1.807) is 0 Å². The molecule has 4 rings (SSSR count). The Balaban J connectivity index is 1.53. The van der Waals surface area contributed by atoms with E-state index in [0.29, 0.717) is 13.2 Å². The average molecular weight is 348 g/mol. The molecule has 2 aliphatic rings. The smallest absolute Gasteiger partial charge is 0.216 e. The fourth-order valence-electron chi connectivity index (χ4n) is 3.08. The van der Waals surface area contributed by atoms with Crippen LogP contribution in [0.2, 0.25) is 0 Å². The van der Waals surface area contributed by atoms with E-state index in [9.17, 15) is 0 Å². The molecule has 0 atom stereocenters. The first-order chi connectivity index (χ1) is 12.3. The maximum Gasteiger partial charge on any atom is 0.216 e. The molecule has 2 aliphatic heterocycles. The highest BCUT2D eigenvalue weighted by atomic mass is 16.5. The standard InChI is InChI=1S/C22H24N2O2/c1-21(2)13-25-19(23-21)17-9-5-15(6-10-17)16-7-11-18(12-8-16)20-24-22(3,4)14-26-20/h5-12H,13-14H2,1-4H3. The Kier molecular flexibility index (Phi) is 3.87. The van der Waals surface area contributed by atoms with Gasteiger partial charge in [0, 0.05) is 11.1 Å². The first kappa shape index (κ1) is 16.8. The van der Waals surface area contributed by atoms with E-state index >= 15 is 0 Å². The lowest BCUT2D eigenvalue weighted by molar-refractivity contribution is 0.279. The van der Waals surface area contributed by atoms with Crippen LogP contribution < -0.4 is 0 Å². The molecule has 0 saturated heterocycles. The van der Waals surface area contributed by atoms with E-state index in [0.717, 1.165) is 34.0 Å². The largest absolute Gasteiger partial charge is 0.475 e. The molecular weight excluding hydrogens is 324 g/mol. The molecule has 0 amide bonds. The van der Waals surface area contributed by atoms with Crippen molar-refractivity contribution in [2.24, 2.45) is 9.98 Å². The molecule has 0 unspecified atom stereocenters. The van der Waals surface area contributed by atoms with Crippen molar-refractivity contribution < 1.29 is 9.47 Å². The molecule has 2 heterocycles. The van der Waals surface area contributed by atoms with Crippen LogP contribution in [0, 0.1) is 0 Å². The molecule has 26 heavy (non-hydrogen) atoms. The highest BCUT2D eigenvalue weighted by molar-refractivity contribution is 5.97. The maximum absolute atomic E-state index is 5.71. The number of ether oxygens (including phenoxy) is 2. The van der Waals surface area contributed by atoms with Gasteiger partial charge in [-0.3, -0.25) is 0 Å². The minimum absolute atomic E-state index is 0.135. The van der Waals surface area contributed by atoms with Crippen molar-refractivity contribution in [3.63, 3.8) is 0 Å². The van der Waals surface area contributed by atoms with Gasteiger partial charge < -0.3 is 9.47 Å². The van der Waals surface area contributed by atoms with Crippen molar-refractivity contribution >= 4 is 11.8 Å². The van der Waals surface area contributed by atoms with Crippen molar-refractivity contribution in [3.8, 4) is 11.1 Å². The summed E-state index contributed by atoms with van der Waals surface area (Å²) in [5.41, 5.74) is 4.09. The zero-order valence-electron chi connectivity index (χ0n) is 15.7. The van der Waals surface area contributed by atoms with Gasteiger partial charge in [0.1, 0.15) is 13.2 Å². The molecule has 0 saturated carbocycles. The van der Waals surface area contributed by atoms with Crippen LogP contribution in [0.15, 0.2) is 58.5 Å². The SMILES string of the molecule is CC1(C)COC(c2ccc(-c3ccc(C4=NC(C)(C)CO4)cc3)cc2)=N1. The fourth-order valence-corrected chi connectivity index (χ4v) is 3.08. The molecule has 4 nitrogen and oxygen atoms in total. The Morgan fingerprint density at radius 1 is 0.577 bits per heavy atom. The second kappa shape index (κ2) is 5.97. The van der Waals surface area contributed by atoms with Crippen molar-refractivity contribution in [1.82, 2.24) is 0 Å². The third-order valence-corrected chi connectivity index (χ3v) is 4.53. The van der Waals surface area contributed by atoms with E-state index in [1.807, 2.05) is 0 Å². The summed E-state index contributed by atoms with van der Waals surface area (Å²) in [6, 6.07) is 16.7. The van der Waals surface area contributed by atoms with Crippen LogP contribution in [0.3, 0.4) is 0 Å². The van der Waals surface area contributed by atoms with Crippen LogP contribution >= 0.6 is 0 Å². The molecule has 0 N–H and O–H groups in total. The number of hydrogen-bond acceptors (Lipinski definition) is 4. The summed E-state index contributed by atoms with van der Waals surface area (Å²) >= 11 is 0. The lowest BCUT2D eigenvalue weighted by Gasteiger charge is -2.07. The van der Waals surface area contributed by atoms with Gasteiger partial charge >= 0.3 is 0 Å². The first-order valence-electron chi connectivity index (χ1n) is 8.98. The molecule has 2 aromatic rings. The van der Waals surface area contributed by atoms with Gasteiger partial charge in [-0.1, -0.05) is 24.3 Å². The highest BCUT2D eigenvalue weighted by Crippen LogP contribution is 2.26. The van der Waals surface area contributed by atoms with Gasteiger partial charge in [0.25, 0.3) is 0 Å². The van der Waals surface area contributed by atoms with Crippen LogP contribution in [-0.4, -0.2) is 36.1 Å². The Hall–Kier alpha value is -2.62. The lowest BCUT2D eigenvalue weighted by atomic mass is 10.0. The molecule has 0 aliphatic carbocycles. The van der Waals surface area contributed by atoms with Gasteiger partial charge in [-0.15, -0.1) is 0 Å². The predicted octanol–water partition coefficient (Wildman–Crippen LogP) is 4.46. The number of benzene rings is 2. The average Bonchev–Trinajstić information content (AvgIpc) is 3.17. The summed E-state index contributed by atoms with van der Waals surface area (Å²) in [6.45, 7) is 9.58. The molecule has 0 radical (unpaired) electrons. The molecule has 2 aromatic carbocycles. The van der Waals surface area contributed by atoms with E-state index in [1.165, 1.54) is 0 Å². The second-order valence-electron chi connectivity index (χ2n) is 8.19. The topological polar surface area (TPSA) is 43.2 Å². The molecule has 0 aromatic heterocycles. The predicted molar refractivity (Wildman–Crippen MR) is 105 cm³/mol. The minimum Gasteiger partial charge on any atom is -0.475 e. The Morgan fingerprint density at radius 2 is 0.885 bits per heavy atom. The van der Waals surface area contributed by atoms with Crippen LogP contribution in [0.5, 0.6) is 0 Å². The molecule has 0 spiro atoms. The number of hydrogen-bond donors (Lipinski definition) is 0. The second-order valence-corrected chi connectivity index (χ2v) is 8.19. The number of rotatable bonds is 3. The zero-order valence-corrected chi connectivity index (χ0v) is 15.7. The Bertz CT molecular complexity index is 800. The molecular formula is C22H24N2O2. The van der Waals surface area contributed by atoms with Crippen molar-refractivity contribution in [2.75, 3.05) is 13.2 Å². The molecule has 134 valence electrons. The normalized spacial score (nSPS) is 20.2. The number of aliphatic imine (C=N–C) groups is 2. The summed E-state index contributed by atoms with van der Waals surface area (Å²) in [7, 11) is 0. The third kappa shape index (κ3) is 3.36. The van der Waals surface area contributed by atoms with E-state index < -0.39 is 0 Å². The zero-order chi connectivity index (χ0) is 18.4. The molecule has 0 fully saturated rings. The van der Waals surface area contributed by atoms with Crippen molar-refractivity contribution in [1.29, 1.82) is 0 Å². The van der Waals surface area contributed by atoms with Gasteiger partial charge in [0.15, 0.2) is 0 Å². The van der Waals surface area contributed by atoms with Gasteiger partial charge in [0.2, 0.25) is 11.8 Å².